The molecule has 1 aliphatic rings. The number of hydrogen-bond acceptors (Lipinski definition) is 4. The zero-order valence-electron chi connectivity index (χ0n) is 15.5. The van der Waals surface area contributed by atoms with Gasteiger partial charge in [0.2, 0.25) is 5.91 Å². The van der Waals surface area contributed by atoms with E-state index in [0.29, 0.717) is 30.3 Å². The summed E-state index contributed by atoms with van der Waals surface area (Å²) in [5.74, 6) is 0.259. The number of imidazole rings is 1. The van der Waals surface area contributed by atoms with Gasteiger partial charge in [-0.15, -0.1) is 0 Å². The lowest BCUT2D eigenvalue weighted by Crippen LogP contribution is -2.25. The summed E-state index contributed by atoms with van der Waals surface area (Å²) >= 11 is 6.29. The summed E-state index contributed by atoms with van der Waals surface area (Å²) in [6, 6.07) is 14.9. The minimum Gasteiger partial charge on any atom is -0.465 e. The Hall–Kier alpha value is -2.86. The Morgan fingerprint density at radius 1 is 1.21 bits per heavy atom. The fourth-order valence-electron chi connectivity index (χ4n) is 3.69. The number of carbonyl (C=O) groups is 2. The smallest absolute Gasteiger partial charge is 0.326 e. The van der Waals surface area contributed by atoms with Crippen LogP contribution in [0.3, 0.4) is 0 Å². The van der Waals surface area contributed by atoms with Gasteiger partial charge in [-0.3, -0.25) is 9.59 Å². The van der Waals surface area contributed by atoms with Crippen molar-refractivity contribution in [3.05, 3.63) is 59.4 Å². The monoisotopic (exact) mass is 397 g/mol. The molecule has 2 heterocycles. The highest BCUT2D eigenvalue weighted by atomic mass is 35.5. The Bertz CT molecular complexity index is 1050. The molecule has 0 unspecified atom stereocenters. The molecule has 144 valence electrons. The number of para-hydroxylation sites is 3. The predicted molar refractivity (Wildman–Crippen MR) is 108 cm³/mol. The van der Waals surface area contributed by atoms with Gasteiger partial charge in [0.15, 0.2) is 0 Å². The molecule has 1 aromatic heterocycles. The van der Waals surface area contributed by atoms with E-state index in [9.17, 15) is 9.59 Å². The van der Waals surface area contributed by atoms with Crippen LogP contribution in [0.25, 0.3) is 11.0 Å². The largest absolute Gasteiger partial charge is 0.465 e. The van der Waals surface area contributed by atoms with E-state index in [1.54, 1.807) is 17.9 Å². The van der Waals surface area contributed by atoms with Gasteiger partial charge in [-0.25, -0.2) is 4.98 Å². The fourth-order valence-corrected chi connectivity index (χ4v) is 3.93. The maximum atomic E-state index is 12.7. The highest BCUT2D eigenvalue weighted by Crippen LogP contribution is 2.35. The van der Waals surface area contributed by atoms with Crippen molar-refractivity contribution in [2.75, 3.05) is 18.1 Å². The van der Waals surface area contributed by atoms with Crippen LogP contribution in [0.5, 0.6) is 0 Å². The number of nitrogens with zero attached hydrogens (tertiary/aromatic N) is 3. The Morgan fingerprint density at radius 3 is 2.75 bits per heavy atom. The maximum Gasteiger partial charge on any atom is 0.326 e. The van der Waals surface area contributed by atoms with Crippen molar-refractivity contribution in [2.45, 2.75) is 25.8 Å². The molecule has 1 amide bonds. The summed E-state index contributed by atoms with van der Waals surface area (Å²) in [5, 5.41) is 0.538. The molecule has 0 N–H and O–H groups in total. The second-order valence-electron chi connectivity index (χ2n) is 6.71. The quantitative estimate of drug-likeness (QED) is 0.615. The summed E-state index contributed by atoms with van der Waals surface area (Å²) in [6.45, 7) is 2.64. The van der Waals surface area contributed by atoms with Crippen molar-refractivity contribution >= 4 is 40.2 Å². The molecular weight excluding hydrogens is 378 g/mol. The van der Waals surface area contributed by atoms with Crippen LogP contribution in [-0.2, 0) is 20.9 Å². The molecule has 1 atom stereocenters. The number of rotatable bonds is 5. The lowest BCUT2D eigenvalue weighted by atomic mass is 10.1. The van der Waals surface area contributed by atoms with Gasteiger partial charge in [0.25, 0.3) is 0 Å². The van der Waals surface area contributed by atoms with E-state index >= 15 is 0 Å². The lowest BCUT2D eigenvalue weighted by molar-refractivity contribution is -0.143. The first kappa shape index (κ1) is 18.5. The van der Waals surface area contributed by atoms with Gasteiger partial charge in [0.1, 0.15) is 12.4 Å². The number of esters is 1. The van der Waals surface area contributed by atoms with Crippen molar-refractivity contribution in [3.8, 4) is 0 Å². The number of halogens is 1. The summed E-state index contributed by atoms with van der Waals surface area (Å²) < 4.78 is 6.99. The summed E-state index contributed by atoms with van der Waals surface area (Å²) in [7, 11) is 0. The summed E-state index contributed by atoms with van der Waals surface area (Å²) in [5.41, 5.74) is 2.35. The second kappa shape index (κ2) is 7.64. The van der Waals surface area contributed by atoms with Crippen LogP contribution >= 0.6 is 11.6 Å². The highest BCUT2D eigenvalue weighted by Gasteiger charge is 2.35. The average Bonchev–Trinajstić information content (AvgIpc) is 3.23. The minimum absolute atomic E-state index is 0.00663. The fraction of sp³-hybridized carbons (Fsp3) is 0.286. The average molecular weight is 398 g/mol. The number of benzene rings is 2. The number of fused-ring (bicyclic) bond motifs is 1. The van der Waals surface area contributed by atoms with Crippen molar-refractivity contribution < 1.29 is 14.3 Å². The third kappa shape index (κ3) is 3.36. The van der Waals surface area contributed by atoms with Crippen LogP contribution in [-0.4, -0.2) is 34.6 Å². The third-order valence-electron chi connectivity index (χ3n) is 4.91. The van der Waals surface area contributed by atoms with E-state index < -0.39 is 0 Å². The lowest BCUT2D eigenvalue weighted by Gasteiger charge is -2.18. The van der Waals surface area contributed by atoms with Crippen molar-refractivity contribution in [3.63, 3.8) is 0 Å². The Kier molecular flexibility index (Phi) is 5.05. The zero-order chi connectivity index (χ0) is 19.7. The van der Waals surface area contributed by atoms with Crippen molar-refractivity contribution in [1.29, 1.82) is 0 Å². The van der Waals surface area contributed by atoms with Crippen molar-refractivity contribution in [1.82, 2.24) is 9.55 Å². The van der Waals surface area contributed by atoms with E-state index in [-0.39, 0.29) is 24.3 Å². The Balaban J connectivity index is 1.70. The molecule has 4 rings (SSSR count). The van der Waals surface area contributed by atoms with Gasteiger partial charge in [-0.2, -0.15) is 0 Å². The molecule has 0 radical (unpaired) electrons. The van der Waals surface area contributed by atoms with E-state index in [1.807, 2.05) is 47.0 Å². The highest BCUT2D eigenvalue weighted by molar-refractivity contribution is 6.33. The maximum absolute atomic E-state index is 12.7. The minimum atomic E-state index is -0.320. The molecule has 0 saturated carbocycles. The molecule has 0 spiro atoms. The number of hydrogen-bond donors (Lipinski definition) is 0. The normalized spacial score (nSPS) is 16.7. The molecule has 1 saturated heterocycles. The first-order chi connectivity index (χ1) is 13.6. The molecule has 3 aromatic rings. The summed E-state index contributed by atoms with van der Waals surface area (Å²) in [4.78, 5) is 31.3. The molecule has 0 aliphatic carbocycles. The number of anilines is 1. The van der Waals surface area contributed by atoms with Crippen LogP contribution in [0.4, 0.5) is 5.69 Å². The van der Waals surface area contributed by atoms with Gasteiger partial charge >= 0.3 is 5.97 Å². The Labute approximate surface area is 167 Å². The predicted octanol–water partition coefficient (Wildman–Crippen LogP) is 3.77. The molecule has 28 heavy (non-hydrogen) atoms. The zero-order valence-corrected chi connectivity index (χ0v) is 16.2. The molecule has 2 aromatic carbocycles. The first-order valence-corrected chi connectivity index (χ1v) is 9.62. The van der Waals surface area contributed by atoms with Gasteiger partial charge in [-0.1, -0.05) is 35.9 Å². The van der Waals surface area contributed by atoms with Crippen molar-refractivity contribution in [2.24, 2.45) is 0 Å². The molecule has 6 nitrogen and oxygen atoms in total. The molecule has 1 aliphatic heterocycles. The van der Waals surface area contributed by atoms with E-state index in [2.05, 4.69) is 0 Å². The standard InChI is InChI=1S/C21H20ClN3O3/c1-2-28-20(27)13-25-18-10-6-4-8-16(18)23-21(25)14-11-19(26)24(12-14)17-9-5-3-7-15(17)22/h3-10,14H,2,11-13H2,1H3/t14-/m1/s1. The molecule has 7 heteroatoms. The number of ether oxygens (including phenoxy) is 1. The molecular formula is C21H20ClN3O3. The van der Waals surface area contributed by atoms with Crippen LogP contribution in [0, 0.1) is 0 Å². The second-order valence-corrected chi connectivity index (χ2v) is 7.11. The van der Waals surface area contributed by atoms with Crippen LogP contribution in [0.2, 0.25) is 5.02 Å². The summed E-state index contributed by atoms with van der Waals surface area (Å²) in [6.07, 6.45) is 0.317. The Morgan fingerprint density at radius 2 is 1.96 bits per heavy atom. The van der Waals surface area contributed by atoms with Gasteiger partial charge in [-0.05, 0) is 31.2 Å². The number of amides is 1. The third-order valence-corrected chi connectivity index (χ3v) is 5.23. The van der Waals surface area contributed by atoms with Crippen LogP contribution < -0.4 is 4.90 Å². The first-order valence-electron chi connectivity index (χ1n) is 9.24. The molecule has 1 fully saturated rings. The van der Waals surface area contributed by atoms with E-state index in [4.69, 9.17) is 21.3 Å². The number of carbonyl (C=O) groups excluding carboxylic acids is 2. The van der Waals surface area contributed by atoms with E-state index in [1.165, 1.54) is 0 Å². The topological polar surface area (TPSA) is 64.4 Å². The van der Waals surface area contributed by atoms with Gasteiger partial charge in [0, 0.05) is 18.9 Å². The van der Waals surface area contributed by atoms with Gasteiger partial charge < -0.3 is 14.2 Å². The SMILES string of the molecule is CCOC(=O)Cn1c([C@@H]2CC(=O)N(c3ccccc3Cl)C2)nc2ccccc21. The van der Waals surface area contributed by atoms with Crippen LogP contribution in [0.15, 0.2) is 48.5 Å². The molecule has 0 bridgehead atoms. The van der Waals surface area contributed by atoms with E-state index in [0.717, 1.165) is 16.9 Å². The van der Waals surface area contributed by atoms with Crippen LogP contribution in [0.1, 0.15) is 25.1 Å². The number of aromatic nitrogens is 2. The van der Waals surface area contributed by atoms with Gasteiger partial charge in [0.05, 0.1) is 28.4 Å².